The van der Waals surface area contributed by atoms with E-state index in [1.807, 2.05) is 0 Å². The van der Waals surface area contributed by atoms with Gasteiger partial charge in [0.2, 0.25) is 0 Å². The number of rotatable bonds is 6. The van der Waals surface area contributed by atoms with Crippen molar-refractivity contribution in [3.05, 3.63) is 32.6 Å². The van der Waals surface area contributed by atoms with Gasteiger partial charge in [-0.25, -0.2) is 4.79 Å². The fourth-order valence-electron chi connectivity index (χ4n) is 1.71. The summed E-state index contributed by atoms with van der Waals surface area (Å²) in [6.45, 7) is 1.01. The monoisotopic (exact) mass is 257 g/mol. The van der Waals surface area contributed by atoms with Gasteiger partial charge in [0.1, 0.15) is 0 Å². The van der Waals surface area contributed by atoms with E-state index in [0.717, 1.165) is 4.57 Å². The third kappa shape index (κ3) is 3.28. The van der Waals surface area contributed by atoms with Gasteiger partial charge < -0.3 is 10.2 Å². The predicted molar refractivity (Wildman–Crippen MR) is 66.4 cm³/mol. The number of hydrogen-bond donors (Lipinski definition) is 2. The molecule has 1 aromatic rings. The fraction of sp³-hybridized carbons (Fsp3) is 0.636. The molecular formula is C11H19N3O4. The smallest absolute Gasteiger partial charge is 0.330 e. The standard InChI is InChI=1S/C11H19N3O4/c1-12-9(7-10(17)13(2)11(12)18)8-14(3-5-15)4-6-16/h7,15-16H,3-6,8H2,1-2H3. The molecule has 0 amide bonds. The molecule has 1 aromatic heterocycles. The lowest BCUT2D eigenvalue weighted by Crippen LogP contribution is -2.40. The van der Waals surface area contributed by atoms with Crippen LogP contribution in [0.15, 0.2) is 15.7 Å². The number of aromatic nitrogens is 2. The molecule has 102 valence electrons. The topological polar surface area (TPSA) is 87.7 Å². The zero-order chi connectivity index (χ0) is 13.7. The highest BCUT2D eigenvalue weighted by Gasteiger charge is 2.10. The third-order valence-corrected chi connectivity index (χ3v) is 2.84. The fourth-order valence-corrected chi connectivity index (χ4v) is 1.71. The minimum Gasteiger partial charge on any atom is -0.395 e. The second-order valence-corrected chi connectivity index (χ2v) is 4.10. The van der Waals surface area contributed by atoms with Crippen molar-refractivity contribution in [1.82, 2.24) is 14.0 Å². The van der Waals surface area contributed by atoms with Crippen molar-refractivity contribution < 1.29 is 10.2 Å². The molecule has 7 nitrogen and oxygen atoms in total. The van der Waals surface area contributed by atoms with Crippen molar-refractivity contribution in [3.8, 4) is 0 Å². The first-order chi connectivity index (χ1) is 8.51. The quantitative estimate of drug-likeness (QED) is 0.608. The second-order valence-electron chi connectivity index (χ2n) is 4.10. The van der Waals surface area contributed by atoms with Gasteiger partial charge in [0.25, 0.3) is 5.56 Å². The highest BCUT2D eigenvalue weighted by Crippen LogP contribution is 1.99. The maximum Gasteiger partial charge on any atom is 0.330 e. The SMILES string of the molecule is Cn1c(CN(CCO)CCO)cc(=O)n(C)c1=O. The number of nitrogens with zero attached hydrogens (tertiary/aromatic N) is 3. The van der Waals surface area contributed by atoms with Crippen molar-refractivity contribution in [2.75, 3.05) is 26.3 Å². The van der Waals surface area contributed by atoms with E-state index in [1.54, 1.807) is 11.9 Å². The molecule has 1 heterocycles. The van der Waals surface area contributed by atoms with E-state index in [9.17, 15) is 9.59 Å². The molecule has 0 fully saturated rings. The molecule has 0 aliphatic rings. The largest absolute Gasteiger partial charge is 0.395 e. The van der Waals surface area contributed by atoms with E-state index in [2.05, 4.69) is 0 Å². The molecule has 0 aliphatic carbocycles. The van der Waals surface area contributed by atoms with Gasteiger partial charge in [-0.3, -0.25) is 18.8 Å². The minimum absolute atomic E-state index is 0.0429. The Hall–Kier alpha value is -1.44. The first kappa shape index (κ1) is 14.6. The Morgan fingerprint density at radius 2 is 1.67 bits per heavy atom. The summed E-state index contributed by atoms with van der Waals surface area (Å²) in [5.41, 5.74) is -0.184. The van der Waals surface area contributed by atoms with Crippen molar-refractivity contribution in [2.24, 2.45) is 14.1 Å². The zero-order valence-corrected chi connectivity index (χ0v) is 10.7. The van der Waals surface area contributed by atoms with Gasteiger partial charge in [0.15, 0.2) is 0 Å². The highest BCUT2D eigenvalue weighted by molar-refractivity contribution is 5.02. The molecule has 7 heteroatoms. The van der Waals surface area contributed by atoms with Crippen molar-refractivity contribution in [1.29, 1.82) is 0 Å². The van der Waals surface area contributed by atoms with Crippen LogP contribution in [0.1, 0.15) is 5.69 Å². The van der Waals surface area contributed by atoms with E-state index >= 15 is 0 Å². The van der Waals surface area contributed by atoms with Crippen LogP contribution in [0.5, 0.6) is 0 Å². The molecule has 0 radical (unpaired) electrons. The maximum atomic E-state index is 11.7. The van der Waals surface area contributed by atoms with E-state index < -0.39 is 0 Å². The van der Waals surface area contributed by atoms with Gasteiger partial charge >= 0.3 is 5.69 Å². The van der Waals surface area contributed by atoms with Gasteiger partial charge in [-0.1, -0.05) is 0 Å². The van der Waals surface area contributed by atoms with E-state index in [1.165, 1.54) is 17.7 Å². The first-order valence-corrected chi connectivity index (χ1v) is 5.71. The summed E-state index contributed by atoms with van der Waals surface area (Å²) < 4.78 is 2.43. The number of aliphatic hydroxyl groups excluding tert-OH is 2. The van der Waals surface area contributed by atoms with Gasteiger partial charge in [0, 0.05) is 45.5 Å². The Labute approximate surface area is 105 Å². The van der Waals surface area contributed by atoms with Crippen molar-refractivity contribution >= 4 is 0 Å². The molecule has 0 saturated heterocycles. The Kier molecular flexibility index (Phi) is 5.26. The molecule has 0 aliphatic heterocycles. The van der Waals surface area contributed by atoms with Crippen LogP contribution in [0.4, 0.5) is 0 Å². The lowest BCUT2D eigenvalue weighted by Gasteiger charge is -2.21. The lowest BCUT2D eigenvalue weighted by molar-refractivity contribution is 0.153. The van der Waals surface area contributed by atoms with Crippen LogP contribution < -0.4 is 11.2 Å². The summed E-state index contributed by atoms with van der Waals surface area (Å²) in [4.78, 5) is 25.0. The zero-order valence-electron chi connectivity index (χ0n) is 10.7. The second kappa shape index (κ2) is 6.48. The van der Waals surface area contributed by atoms with Crippen LogP contribution >= 0.6 is 0 Å². The summed E-state index contributed by atoms with van der Waals surface area (Å²) in [5, 5.41) is 17.8. The summed E-state index contributed by atoms with van der Waals surface area (Å²) in [6, 6.07) is 1.39. The first-order valence-electron chi connectivity index (χ1n) is 5.71. The van der Waals surface area contributed by atoms with Crippen LogP contribution in [0.25, 0.3) is 0 Å². The van der Waals surface area contributed by atoms with Crippen molar-refractivity contribution in [3.63, 3.8) is 0 Å². The molecule has 18 heavy (non-hydrogen) atoms. The summed E-state index contributed by atoms with van der Waals surface area (Å²) in [6.07, 6.45) is 0. The molecular weight excluding hydrogens is 238 g/mol. The van der Waals surface area contributed by atoms with Gasteiger partial charge in [-0.15, -0.1) is 0 Å². The average molecular weight is 257 g/mol. The summed E-state index contributed by atoms with van der Waals surface area (Å²) in [5.74, 6) is 0. The van der Waals surface area contributed by atoms with Crippen LogP contribution in [-0.2, 0) is 20.6 Å². The normalized spacial score (nSPS) is 11.2. The van der Waals surface area contributed by atoms with Gasteiger partial charge in [-0.05, 0) is 0 Å². The van der Waals surface area contributed by atoms with Crippen LogP contribution in [-0.4, -0.2) is 50.6 Å². The van der Waals surface area contributed by atoms with Crippen LogP contribution in [0.3, 0.4) is 0 Å². The Morgan fingerprint density at radius 3 is 2.17 bits per heavy atom. The lowest BCUT2D eigenvalue weighted by atomic mass is 10.3. The molecule has 0 spiro atoms. The molecule has 2 N–H and O–H groups in total. The third-order valence-electron chi connectivity index (χ3n) is 2.84. The van der Waals surface area contributed by atoms with Gasteiger partial charge in [0.05, 0.1) is 13.2 Å². The minimum atomic E-state index is -0.384. The molecule has 1 rings (SSSR count). The van der Waals surface area contributed by atoms with E-state index in [0.29, 0.717) is 25.3 Å². The molecule has 0 bridgehead atoms. The summed E-state index contributed by atoms with van der Waals surface area (Å²) >= 11 is 0. The molecule has 0 aromatic carbocycles. The van der Waals surface area contributed by atoms with Crippen molar-refractivity contribution in [2.45, 2.75) is 6.54 Å². The Balaban J connectivity index is 3.03. The summed E-state index contributed by atoms with van der Waals surface area (Å²) in [7, 11) is 3.01. The molecule has 0 atom stereocenters. The molecule has 0 saturated carbocycles. The van der Waals surface area contributed by atoms with Crippen LogP contribution in [0, 0.1) is 0 Å². The highest BCUT2D eigenvalue weighted by atomic mass is 16.3. The Bertz CT molecular complexity index is 500. The molecule has 0 unspecified atom stereocenters. The predicted octanol–water partition coefficient (Wildman–Crippen LogP) is -2.13. The van der Waals surface area contributed by atoms with Gasteiger partial charge in [-0.2, -0.15) is 0 Å². The average Bonchev–Trinajstić information content (AvgIpc) is 2.34. The maximum absolute atomic E-state index is 11.7. The van der Waals surface area contributed by atoms with E-state index in [4.69, 9.17) is 10.2 Å². The number of aliphatic hydroxyl groups is 2. The van der Waals surface area contributed by atoms with E-state index in [-0.39, 0.29) is 24.5 Å². The van der Waals surface area contributed by atoms with Crippen LogP contribution in [0.2, 0.25) is 0 Å². The number of hydrogen-bond acceptors (Lipinski definition) is 5. The Morgan fingerprint density at radius 1 is 1.11 bits per heavy atom.